The maximum Gasteiger partial charge on any atom is 0.244 e. The fraction of sp³-hybridized carbons (Fsp3) is 0.556. The first-order valence-electron chi connectivity index (χ1n) is 9.30. The summed E-state index contributed by atoms with van der Waals surface area (Å²) in [6.07, 6.45) is 2.79. The van der Waals surface area contributed by atoms with Crippen LogP contribution in [-0.4, -0.2) is 62.2 Å². The number of carbonyl (C=O) groups is 2. The van der Waals surface area contributed by atoms with Gasteiger partial charge in [0.15, 0.2) is 0 Å². The van der Waals surface area contributed by atoms with Crippen LogP contribution in [0.4, 0.5) is 0 Å². The van der Waals surface area contributed by atoms with E-state index in [1.807, 2.05) is 0 Å². The number of nitrogens with zero attached hydrogens (tertiary/aromatic N) is 2. The van der Waals surface area contributed by atoms with E-state index in [0.29, 0.717) is 17.9 Å². The molecule has 0 aliphatic carbocycles. The predicted octanol–water partition coefficient (Wildman–Crippen LogP) is 2.13. The van der Waals surface area contributed by atoms with Crippen molar-refractivity contribution in [3.63, 3.8) is 0 Å². The largest absolute Gasteiger partial charge is 0.347 e. The summed E-state index contributed by atoms with van der Waals surface area (Å²) in [7, 11) is -3.78. The number of halogens is 2. The van der Waals surface area contributed by atoms with Gasteiger partial charge in [0, 0.05) is 37.1 Å². The van der Waals surface area contributed by atoms with Crippen LogP contribution in [0.15, 0.2) is 23.1 Å². The van der Waals surface area contributed by atoms with Crippen molar-refractivity contribution in [3.8, 4) is 0 Å². The van der Waals surface area contributed by atoms with Gasteiger partial charge in [-0.3, -0.25) is 9.59 Å². The Kier molecular flexibility index (Phi) is 6.85. The highest BCUT2D eigenvalue weighted by molar-refractivity contribution is 7.89. The Morgan fingerprint density at radius 3 is 2.36 bits per heavy atom. The molecule has 10 heteroatoms. The first-order chi connectivity index (χ1) is 13.3. The zero-order valence-corrected chi connectivity index (χ0v) is 17.7. The molecule has 0 spiro atoms. The van der Waals surface area contributed by atoms with Crippen molar-refractivity contribution < 1.29 is 18.0 Å². The Morgan fingerprint density at radius 1 is 1.07 bits per heavy atom. The third-order valence-corrected chi connectivity index (χ3v) is 7.82. The molecular formula is C18H23Cl2N3O4S. The summed E-state index contributed by atoms with van der Waals surface area (Å²) in [6, 6.07) is 4.32. The van der Waals surface area contributed by atoms with Gasteiger partial charge in [0.25, 0.3) is 0 Å². The molecule has 0 atom stereocenters. The third-order valence-electron chi connectivity index (χ3n) is 5.21. The molecule has 1 aromatic carbocycles. The second-order valence-electron chi connectivity index (χ2n) is 7.06. The molecule has 0 aromatic heterocycles. The molecule has 3 rings (SSSR count). The number of sulfonamides is 1. The average molecular weight is 448 g/mol. The van der Waals surface area contributed by atoms with E-state index in [1.165, 1.54) is 22.5 Å². The van der Waals surface area contributed by atoms with Gasteiger partial charge < -0.3 is 10.2 Å². The molecule has 2 saturated heterocycles. The molecule has 28 heavy (non-hydrogen) atoms. The second kappa shape index (κ2) is 8.98. The molecule has 1 aromatic rings. The number of rotatable bonds is 5. The minimum Gasteiger partial charge on any atom is -0.347 e. The summed E-state index contributed by atoms with van der Waals surface area (Å²) in [4.78, 5) is 26.1. The van der Waals surface area contributed by atoms with Crippen LogP contribution in [0.25, 0.3) is 0 Å². The fourth-order valence-electron chi connectivity index (χ4n) is 3.56. The lowest BCUT2D eigenvalue weighted by molar-refractivity contribution is -0.133. The van der Waals surface area contributed by atoms with Crippen molar-refractivity contribution in [2.24, 2.45) is 5.92 Å². The summed E-state index contributed by atoms with van der Waals surface area (Å²) in [5.74, 6) is -0.584. The van der Waals surface area contributed by atoms with Crippen LogP contribution < -0.4 is 5.32 Å². The highest BCUT2D eigenvalue weighted by atomic mass is 35.5. The lowest BCUT2D eigenvalue weighted by Gasteiger charge is -2.30. The average Bonchev–Trinajstić information content (AvgIpc) is 3.22. The lowest BCUT2D eigenvalue weighted by Crippen LogP contribution is -2.45. The molecule has 2 aliphatic rings. The van der Waals surface area contributed by atoms with Gasteiger partial charge in [0.1, 0.15) is 4.90 Å². The molecular weight excluding hydrogens is 425 g/mol. The molecule has 2 fully saturated rings. The number of nitrogens with one attached hydrogen (secondary N) is 1. The van der Waals surface area contributed by atoms with Crippen LogP contribution in [-0.2, 0) is 19.6 Å². The van der Waals surface area contributed by atoms with Crippen molar-refractivity contribution in [3.05, 3.63) is 28.2 Å². The normalized spacial score (nSPS) is 19.0. The van der Waals surface area contributed by atoms with Crippen LogP contribution >= 0.6 is 23.2 Å². The van der Waals surface area contributed by atoms with E-state index < -0.39 is 10.0 Å². The summed E-state index contributed by atoms with van der Waals surface area (Å²) in [6.45, 7) is 1.91. The highest BCUT2D eigenvalue weighted by Crippen LogP contribution is 2.30. The maximum absolute atomic E-state index is 12.8. The van der Waals surface area contributed by atoms with Crippen LogP contribution in [0.5, 0.6) is 0 Å². The minimum absolute atomic E-state index is 0.00450. The Labute approximate surface area is 175 Å². The van der Waals surface area contributed by atoms with Crippen LogP contribution in [0.3, 0.4) is 0 Å². The Hall–Kier alpha value is -1.35. The molecule has 0 radical (unpaired) electrons. The van der Waals surface area contributed by atoms with Gasteiger partial charge in [-0.15, -0.1) is 0 Å². The monoisotopic (exact) mass is 447 g/mol. The SMILES string of the molecule is O=C(NCC(=O)N1CCCC1)C1CCN(S(=O)(=O)c2cc(Cl)ccc2Cl)CC1. The second-order valence-corrected chi connectivity index (χ2v) is 9.81. The molecule has 2 heterocycles. The predicted molar refractivity (Wildman–Crippen MR) is 107 cm³/mol. The number of amides is 2. The number of piperidine rings is 1. The van der Waals surface area contributed by atoms with Gasteiger partial charge in [-0.25, -0.2) is 8.42 Å². The summed E-state index contributed by atoms with van der Waals surface area (Å²) < 4.78 is 27.0. The van der Waals surface area contributed by atoms with E-state index in [2.05, 4.69) is 5.32 Å². The van der Waals surface area contributed by atoms with Crippen molar-refractivity contribution in [2.45, 2.75) is 30.6 Å². The molecule has 0 saturated carbocycles. The van der Waals surface area contributed by atoms with Crippen LogP contribution in [0.2, 0.25) is 10.0 Å². The standard InChI is InChI=1S/C18H23Cl2N3O4S/c19-14-3-4-15(20)16(11-14)28(26,27)23-9-5-13(6-10-23)18(25)21-12-17(24)22-7-1-2-8-22/h3-4,11,13H,1-2,5-10,12H2,(H,21,25). The zero-order valence-electron chi connectivity index (χ0n) is 15.4. The lowest BCUT2D eigenvalue weighted by atomic mass is 9.97. The van der Waals surface area contributed by atoms with Crippen molar-refractivity contribution in [1.82, 2.24) is 14.5 Å². The van der Waals surface area contributed by atoms with E-state index >= 15 is 0 Å². The highest BCUT2D eigenvalue weighted by Gasteiger charge is 2.33. The number of benzene rings is 1. The van der Waals surface area contributed by atoms with Crippen molar-refractivity contribution >= 4 is 45.0 Å². The van der Waals surface area contributed by atoms with Gasteiger partial charge in [-0.1, -0.05) is 23.2 Å². The first-order valence-corrected chi connectivity index (χ1v) is 11.5. The number of carbonyl (C=O) groups excluding carboxylic acids is 2. The van der Waals surface area contributed by atoms with Crippen LogP contribution in [0.1, 0.15) is 25.7 Å². The number of likely N-dealkylation sites (tertiary alicyclic amines) is 1. The molecule has 2 aliphatic heterocycles. The van der Waals surface area contributed by atoms with Crippen molar-refractivity contribution in [2.75, 3.05) is 32.7 Å². The Balaban J connectivity index is 1.54. The number of hydrogen-bond acceptors (Lipinski definition) is 4. The van der Waals surface area contributed by atoms with Gasteiger partial charge >= 0.3 is 0 Å². The molecule has 0 bridgehead atoms. The van der Waals surface area contributed by atoms with Gasteiger partial charge in [0.2, 0.25) is 21.8 Å². The molecule has 7 nitrogen and oxygen atoms in total. The van der Waals surface area contributed by atoms with Crippen LogP contribution in [0, 0.1) is 5.92 Å². The summed E-state index contributed by atoms with van der Waals surface area (Å²) in [5.41, 5.74) is 0. The topological polar surface area (TPSA) is 86.8 Å². The Bertz CT molecular complexity index is 848. The third kappa shape index (κ3) is 4.79. The van der Waals surface area contributed by atoms with Gasteiger partial charge in [-0.2, -0.15) is 4.31 Å². The van der Waals surface area contributed by atoms with E-state index in [0.717, 1.165) is 25.9 Å². The van der Waals surface area contributed by atoms with E-state index in [1.54, 1.807) is 4.90 Å². The minimum atomic E-state index is -3.78. The van der Waals surface area contributed by atoms with Gasteiger partial charge in [-0.05, 0) is 43.9 Å². The van der Waals surface area contributed by atoms with Crippen molar-refractivity contribution in [1.29, 1.82) is 0 Å². The molecule has 1 N–H and O–H groups in total. The number of hydrogen-bond donors (Lipinski definition) is 1. The summed E-state index contributed by atoms with van der Waals surface area (Å²) >= 11 is 11.9. The molecule has 0 unspecified atom stereocenters. The van der Waals surface area contributed by atoms with E-state index in [-0.39, 0.29) is 47.3 Å². The Morgan fingerprint density at radius 2 is 1.71 bits per heavy atom. The maximum atomic E-state index is 12.8. The van der Waals surface area contributed by atoms with Gasteiger partial charge in [0.05, 0.1) is 11.6 Å². The zero-order chi connectivity index (χ0) is 20.3. The quantitative estimate of drug-likeness (QED) is 0.748. The molecule has 2 amide bonds. The first kappa shape index (κ1) is 21.4. The molecule has 154 valence electrons. The van der Waals surface area contributed by atoms with E-state index in [4.69, 9.17) is 23.2 Å². The van der Waals surface area contributed by atoms with E-state index in [9.17, 15) is 18.0 Å². The summed E-state index contributed by atoms with van der Waals surface area (Å²) in [5, 5.41) is 3.10. The smallest absolute Gasteiger partial charge is 0.244 e. The fourth-order valence-corrected chi connectivity index (χ4v) is 5.76.